The molecule has 1 amide bonds. The smallest absolute Gasteiger partial charge is 0.311 e. The third kappa shape index (κ3) is 1.96. The summed E-state index contributed by atoms with van der Waals surface area (Å²) >= 11 is 0. The number of carboxylic acids is 1. The highest BCUT2D eigenvalue weighted by molar-refractivity contribution is 5.98. The second-order valence-corrected chi connectivity index (χ2v) is 7.04. The molecule has 0 unspecified atom stereocenters. The van der Waals surface area contributed by atoms with Crippen molar-refractivity contribution in [3.8, 4) is 0 Å². The Labute approximate surface area is 139 Å². The topological polar surface area (TPSA) is 88.3 Å². The third-order valence-electron chi connectivity index (χ3n) is 5.69. The lowest BCUT2D eigenvalue weighted by molar-refractivity contribution is -0.149. The van der Waals surface area contributed by atoms with Gasteiger partial charge in [0.2, 0.25) is 0 Å². The van der Waals surface area contributed by atoms with Crippen LogP contribution in [-0.2, 0) is 11.8 Å². The number of aryl methyl sites for hydroxylation is 2. The molecule has 126 valence electrons. The number of rotatable bonds is 2. The maximum atomic E-state index is 12.9. The van der Waals surface area contributed by atoms with E-state index in [9.17, 15) is 14.7 Å². The second-order valence-electron chi connectivity index (χ2n) is 7.04. The van der Waals surface area contributed by atoms with Crippen molar-refractivity contribution in [1.29, 1.82) is 0 Å². The Morgan fingerprint density at radius 1 is 1.42 bits per heavy atom. The highest BCUT2D eigenvalue weighted by Gasteiger charge is 2.55. The zero-order valence-corrected chi connectivity index (χ0v) is 13.8. The summed E-state index contributed by atoms with van der Waals surface area (Å²) in [5.74, 6) is -0.838. The van der Waals surface area contributed by atoms with E-state index < -0.39 is 11.4 Å². The lowest BCUT2D eigenvalue weighted by atomic mass is 9.81. The first-order valence-electron chi connectivity index (χ1n) is 8.24. The standard InChI is InChI=1S/C17H20N4O3/c1-10-13-6-11(7-18-14(13)20(2)19-10)15(22)21-8-12-4-3-5-17(12,9-21)16(23)24/h6-7,12H,3-5,8-9H2,1-2H3,(H,23,24)/t12-,17+/m0/s1. The molecule has 24 heavy (non-hydrogen) atoms. The summed E-state index contributed by atoms with van der Waals surface area (Å²) in [6.45, 7) is 2.71. The predicted molar refractivity (Wildman–Crippen MR) is 86.6 cm³/mol. The van der Waals surface area contributed by atoms with Crippen LogP contribution < -0.4 is 0 Å². The number of aromatic nitrogens is 3. The molecule has 0 radical (unpaired) electrons. The van der Waals surface area contributed by atoms with Crippen LogP contribution >= 0.6 is 0 Å². The van der Waals surface area contributed by atoms with Gasteiger partial charge in [0.05, 0.1) is 16.7 Å². The maximum absolute atomic E-state index is 12.9. The van der Waals surface area contributed by atoms with Crippen molar-refractivity contribution in [1.82, 2.24) is 19.7 Å². The first-order valence-corrected chi connectivity index (χ1v) is 8.24. The zero-order valence-electron chi connectivity index (χ0n) is 13.8. The molecule has 7 nitrogen and oxygen atoms in total. The molecule has 2 atom stereocenters. The van der Waals surface area contributed by atoms with E-state index in [-0.39, 0.29) is 11.8 Å². The molecule has 2 fully saturated rings. The Balaban J connectivity index is 1.65. The number of hydrogen-bond acceptors (Lipinski definition) is 4. The number of nitrogens with zero attached hydrogens (tertiary/aromatic N) is 4. The van der Waals surface area contributed by atoms with E-state index in [2.05, 4.69) is 10.1 Å². The highest BCUT2D eigenvalue weighted by Crippen LogP contribution is 2.49. The van der Waals surface area contributed by atoms with Gasteiger partial charge in [-0.3, -0.25) is 14.3 Å². The third-order valence-corrected chi connectivity index (χ3v) is 5.69. The molecule has 0 aromatic carbocycles. The van der Waals surface area contributed by atoms with Crippen molar-refractivity contribution in [3.63, 3.8) is 0 Å². The number of fused-ring (bicyclic) bond motifs is 2. The van der Waals surface area contributed by atoms with E-state index in [0.29, 0.717) is 25.1 Å². The number of carbonyl (C=O) groups excluding carboxylic acids is 1. The van der Waals surface area contributed by atoms with E-state index >= 15 is 0 Å². The minimum absolute atomic E-state index is 0.0655. The molecule has 1 saturated heterocycles. The van der Waals surface area contributed by atoms with Crippen LogP contribution in [0, 0.1) is 18.3 Å². The van der Waals surface area contributed by atoms with Gasteiger partial charge in [0.15, 0.2) is 5.65 Å². The van der Waals surface area contributed by atoms with E-state index in [1.807, 2.05) is 20.0 Å². The monoisotopic (exact) mass is 328 g/mol. The number of carboxylic acid groups (broad SMARTS) is 1. The van der Waals surface area contributed by atoms with Crippen molar-refractivity contribution in [2.24, 2.45) is 18.4 Å². The first kappa shape index (κ1) is 15.1. The first-order chi connectivity index (χ1) is 11.4. The van der Waals surface area contributed by atoms with Gasteiger partial charge in [0.25, 0.3) is 5.91 Å². The van der Waals surface area contributed by atoms with E-state index in [0.717, 1.165) is 29.6 Å². The van der Waals surface area contributed by atoms with Gasteiger partial charge in [-0.15, -0.1) is 0 Å². The molecular formula is C17H20N4O3. The molecule has 1 N–H and O–H groups in total. The Bertz CT molecular complexity index is 859. The molecule has 2 aliphatic rings. The highest BCUT2D eigenvalue weighted by atomic mass is 16.4. The Hall–Kier alpha value is -2.44. The SMILES string of the molecule is Cc1nn(C)c2ncc(C(=O)N3C[C@@H]4CCC[C@@]4(C(=O)O)C3)cc12. The molecule has 2 aromatic heterocycles. The zero-order chi connectivity index (χ0) is 17.1. The molecule has 3 heterocycles. The van der Waals surface area contributed by atoms with E-state index in [1.54, 1.807) is 15.8 Å². The molecular weight excluding hydrogens is 308 g/mol. The summed E-state index contributed by atoms with van der Waals surface area (Å²) in [4.78, 5) is 30.7. The fourth-order valence-electron chi connectivity index (χ4n) is 4.40. The fourth-order valence-corrected chi connectivity index (χ4v) is 4.40. The van der Waals surface area contributed by atoms with Gasteiger partial charge >= 0.3 is 5.97 Å². The van der Waals surface area contributed by atoms with Crippen molar-refractivity contribution in [2.75, 3.05) is 13.1 Å². The number of aliphatic carboxylic acids is 1. The number of pyridine rings is 1. The van der Waals surface area contributed by atoms with Gasteiger partial charge < -0.3 is 10.0 Å². The molecule has 1 aliphatic heterocycles. The van der Waals surface area contributed by atoms with Crippen LogP contribution in [-0.4, -0.2) is 49.7 Å². The van der Waals surface area contributed by atoms with Crippen molar-refractivity contribution in [2.45, 2.75) is 26.2 Å². The van der Waals surface area contributed by atoms with Gasteiger partial charge in [-0.1, -0.05) is 6.42 Å². The number of hydrogen-bond donors (Lipinski definition) is 1. The van der Waals surface area contributed by atoms with E-state index in [1.165, 1.54) is 0 Å². The molecule has 0 spiro atoms. The summed E-state index contributed by atoms with van der Waals surface area (Å²) in [6.07, 6.45) is 4.04. The minimum atomic E-state index is -0.767. The van der Waals surface area contributed by atoms with Crippen molar-refractivity contribution < 1.29 is 14.7 Å². The van der Waals surface area contributed by atoms with Crippen molar-refractivity contribution in [3.05, 3.63) is 23.5 Å². The van der Waals surface area contributed by atoms with Gasteiger partial charge in [0.1, 0.15) is 0 Å². The maximum Gasteiger partial charge on any atom is 0.311 e. The molecule has 1 aliphatic carbocycles. The fraction of sp³-hybridized carbons (Fsp3) is 0.529. The van der Waals surface area contributed by atoms with E-state index in [4.69, 9.17) is 0 Å². The molecule has 7 heteroatoms. The molecule has 2 aromatic rings. The van der Waals surface area contributed by atoms with Crippen LogP contribution in [0.15, 0.2) is 12.3 Å². The van der Waals surface area contributed by atoms with Gasteiger partial charge in [-0.05, 0) is 31.7 Å². The van der Waals surface area contributed by atoms with Gasteiger partial charge in [-0.2, -0.15) is 5.10 Å². The van der Waals surface area contributed by atoms with Gasteiger partial charge in [0, 0.05) is 31.7 Å². The van der Waals surface area contributed by atoms with Crippen LogP contribution in [0.5, 0.6) is 0 Å². The summed E-state index contributed by atoms with van der Waals surface area (Å²) in [7, 11) is 1.82. The summed E-state index contributed by atoms with van der Waals surface area (Å²) in [5.41, 5.74) is 1.32. The lowest BCUT2D eigenvalue weighted by Crippen LogP contribution is -2.37. The number of amides is 1. The Morgan fingerprint density at radius 2 is 2.21 bits per heavy atom. The average molecular weight is 328 g/mol. The summed E-state index contributed by atoms with van der Waals surface area (Å²) < 4.78 is 1.69. The van der Waals surface area contributed by atoms with Crippen LogP contribution in [0.25, 0.3) is 11.0 Å². The quantitative estimate of drug-likeness (QED) is 0.904. The molecule has 4 rings (SSSR count). The van der Waals surface area contributed by atoms with Gasteiger partial charge in [-0.25, -0.2) is 4.98 Å². The predicted octanol–water partition coefficient (Wildman–Crippen LogP) is 1.60. The molecule has 0 bridgehead atoms. The normalized spacial score (nSPS) is 26.1. The summed E-state index contributed by atoms with van der Waals surface area (Å²) in [5, 5.41) is 14.8. The largest absolute Gasteiger partial charge is 0.481 e. The molecule has 1 saturated carbocycles. The van der Waals surface area contributed by atoms with Crippen LogP contribution in [0.1, 0.15) is 35.3 Å². The Kier molecular flexibility index (Phi) is 3.16. The second kappa shape index (κ2) is 5.03. The van der Waals surface area contributed by atoms with Crippen LogP contribution in [0.2, 0.25) is 0 Å². The van der Waals surface area contributed by atoms with Crippen LogP contribution in [0.4, 0.5) is 0 Å². The van der Waals surface area contributed by atoms with Crippen LogP contribution in [0.3, 0.4) is 0 Å². The van der Waals surface area contributed by atoms with Crippen molar-refractivity contribution >= 4 is 22.9 Å². The number of likely N-dealkylation sites (tertiary alicyclic amines) is 1. The number of carbonyl (C=O) groups is 2. The minimum Gasteiger partial charge on any atom is -0.481 e. The Morgan fingerprint density at radius 3 is 2.92 bits per heavy atom. The average Bonchev–Trinajstić information content (AvgIpc) is 3.18. The summed E-state index contributed by atoms with van der Waals surface area (Å²) in [6, 6.07) is 1.81. The lowest BCUT2D eigenvalue weighted by Gasteiger charge is -2.23.